The van der Waals surface area contributed by atoms with E-state index in [4.69, 9.17) is 9.73 Å². The van der Waals surface area contributed by atoms with Gasteiger partial charge in [-0.15, -0.1) is 0 Å². The molecule has 4 aromatic rings. The third-order valence-electron chi connectivity index (χ3n) is 5.68. The summed E-state index contributed by atoms with van der Waals surface area (Å²) < 4.78 is 19.3. The molecular formula is C30H26FNO2. The molecule has 0 heterocycles. The lowest BCUT2D eigenvalue weighted by Gasteiger charge is -2.32. The fourth-order valence-corrected chi connectivity index (χ4v) is 4.08. The molecule has 0 aliphatic heterocycles. The van der Waals surface area contributed by atoms with Gasteiger partial charge in [0.25, 0.3) is 0 Å². The summed E-state index contributed by atoms with van der Waals surface area (Å²) in [6.07, 6.45) is -0.0281. The zero-order valence-corrected chi connectivity index (χ0v) is 19.0. The summed E-state index contributed by atoms with van der Waals surface area (Å²) in [6, 6.07) is 35.6. The molecule has 3 nitrogen and oxygen atoms in total. The summed E-state index contributed by atoms with van der Waals surface area (Å²) in [6.45, 7) is 2.05. The summed E-state index contributed by atoms with van der Waals surface area (Å²) >= 11 is 0. The monoisotopic (exact) mass is 451 g/mol. The fraction of sp³-hybridized carbons (Fsp3) is 0.133. The van der Waals surface area contributed by atoms with E-state index >= 15 is 0 Å². The molecule has 0 spiro atoms. The van der Waals surface area contributed by atoms with Crippen LogP contribution in [-0.2, 0) is 15.1 Å². The summed E-state index contributed by atoms with van der Waals surface area (Å²) in [7, 11) is 0. The first-order valence-corrected chi connectivity index (χ1v) is 11.3. The number of carbonyl (C=O) groups excluding carboxylic acids is 1. The Morgan fingerprint density at radius 3 is 1.71 bits per heavy atom. The lowest BCUT2D eigenvalue weighted by atomic mass is 9.80. The minimum Gasteiger partial charge on any atom is -0.466 e. The van der Waals surface area contributed by atoms with Gasteiger partial charge in [0.15, 0.2) is 0 Å². The standard InChI is InChI=1S/C30H26FNO2/c1-2-34-28(33)22-30(25-16-10-5-11-17-25,26-18-20-27(31)21-19-26)32-29(23-12-6-3-7-13-23)24-14-8-4-9-15-24/h3-21H,2,22H2,1H3. The molecule has 0 fully saturated rings. The van der Waals surface area contributed by atoms with E-state index in [2.05, 4.69) is 0 Å². The van der Waals surface area contributed by atoms with Gasteiger partial charge in [-0.2, -0.15) is 0 Å². The number of halogens is 1. The summed E-state index contributed by atoms with van der Waals surface area (Å²) in [5.74, 6) is -0.725. The summed E-state index contributed by atoms with van der Waals surface area (Å²) in [5, 5.41) is 0. The second kappa shape index (κ2) is 10.7. The predicted molar refractivity (Wildman–Crippen MR) is 133 cm³/mol. The Hall–Kier alpha value is -4.05. The highest BCUT2D eigenvalue weighted by atomic mass is 19.1. The molecule has 170 valence electrons. The van der Waals surface area contributed by atoms with Gasteiger partial charge in [0.05, 0.1) is 18.7 Å². The Kier molecular flexibility index (Phi) is 7.28. The lowest BCUT2D eigenvalue weighted by molar-refractivity contribution is -0.144. The van der Waals surface area contributed by atoms with Crippen LogP contribution in [0.15, 0.2) is 120 Å². The number of carbonyl (C=O) groups is 1. The van der Waals surface area contributed by atoms with Gasteiger partial charge in [-0.3, -0.25) is 9.79 Å². The van der Waals surface area contributed by atoms with E-state index in [-0.39, 0.29) is 24.8 Å². The van der Waals surface area contributed by atoms with Crippen molar-refractivity contribution in [1.29, 1.82) is 0 Å². The largest absolute Gasteiger partial charge is 0.466 e. The van der Waals surface area contributed by atoms with Gasteiger partial charge in [0.2, 0.25) is 0 Å². The number of rotatable bonds is 8. The molecule has 34 heavy (non-hydrogen) atoms. The molecule has 1 atom stereocenters. The van der Waals surface area contributed by atoms with Gasteiger partial charge in [-0.05, 0) is 30.2 Å². The molecular weight excluding hydrogens is 425 g/mol. The zero-order chi connectivity index (χ0) is 23.8. The molecule has 0 amide bonds. The first-order valence-electron chi connectivity index (χ1n) is 11.3. The maximum Gasteiger partial charge on any atom is 0.308 e. The van der Waals surface area contributed by atoms with E-state index in [1.807, 2.05) is 91.0 Å². The topological polar surface area (TPSA) is 38.7 Å². The second-order valence-electron chi connectivity index (χ2n) is 7.91. The normalized spacial score (nSPS) is 12.4. The number of hydrogen-bond acceptors (Lipinski definition) is 3. The van der Waals surface area contributed by atoms with Gasteiger partial charge in [0, 0.05) is 11.1 Å². The highest BCUT2D eigenvalue weighted by Crippen LogP contribution is 2.39. The fourth-order valence-electron chi connectivity index (χ4n) is 4.08. The average molecular weight is 452 g/mol. The van der Waals surface area contributed by atoms with Crippen molar-refractivity contribution in [3.8, 4) is 0 Å². The van der Waals surface area contributed by atoms with E-state index in [0.29, 0.717) is 5.56 Å². The van der Waals surface area contributed by atoms with Crippen molar-refractivity contribution in [1.82, 2.24) is 0 Å². The molecule has 0 radical (unpaired) electrons. The number of benzene rings is 4. The average Bonchev–Trinajstić information content (AvgIpc) is 2.89. The van der Waals surface area contributed by atoms with Crippen LogP contribution in [0.2, 0.25) is 0 Å². The quantitative estimate of drug-likeness (QED) is 0.225. The summed E-state index contributed by atoms with van der Waals surface area (Å²) in [5.41, 5.74) is 2.97. The Labute approximate surface area is 199 Å². The number of ether oxygens (including phenoxy) is 1. The molecule has 0 aromatic heterocycles. The molecule has 4 heteroatoms. The van der Waals surface area contributed by atoms with E-state index in [9.17, 15) is 9.18 Å². The van der Waals surface area contributed by atoms with Crippen LogP contribution in [0.4, 0.5) is 4.39 Å². The van der Waals surface area contributed by atoms with Crippen LogP contribution in [0.1, 0.15) is 35.6 Å². The van der Waals surface area contributed by atoms with E-state index in [1.165, 1.54) is 12.1 Å². The molecule has 0 aliphatic carbocycles. The van der Waals surface area contributed by atoms with Crippen molar-refractivity contribution in [2.24, 2.45) is 4.99 Å². The highest BCUT2D eigenvalue weighted by Gasteiger charge is 2.38. The summed E-state index contributed by atoms with van der Waals surface area (Å²) in [4.78, 5) is 18.3. The molecule has 0 saturated carbocycles. The smallest absolute Gasteiger partial charge is 0.308 e. The SMILES string of the molecule is CCOC(=O)CC(N=C(c1ccccc1)c1ccccc1)(c1ccccc1)c1ccc(F)cc1. The Balaban J connectivity index is 2.04. The van der Waals surface area contributed by atoms with E-state index < -0.39 is 5.54 Å². The molecule has 0 N–H and O–H groups in total. The first kappa shape index (κ1) is 23.1. The lowest BCUT2D eigenvalue weighted by Crippen LogP contribution is -2.31. The predicted octanol–water partition coefficient (Wildman–Crippen LogP) is 6.56. The molecule has 0 bridgehead atoms. The second-order valence-corrected chi connectivity index (χ2v) is 7.91. The maximum atomic E-state index is 13.9. The molecule has 4 rings (SSSR count). The molecule has 0 saturated heterocycles. The van der Waals surface area contributed by atoms with Gasteiger partial charge in [-0.1, -0.05) is 103 Å². The van der Waals surface area contributed by atoms with Crippen molar-refractivity contribution in [2.45, 2.75) is 18.9 Å². The molecule has 0 aliphatic rings. The number of esters is 1. The van der Waals surface area contributed by atoms with Gasteiger partial charge >= 0.3 is 5.97 Å². The van der Waals surface area contributed by atoms with Gasteiger partial charge < -0.3 is 4.74 Å². The third kappa shape index (κ3) is 5.12. The van der Waals surface area contributed by atoms with Crippen molar-refractivity contribution in [3.63, 3.8) is 0 Å². The Morgan fingerprint density at radius 2 is 1.21 bits per heavy atom. The zero-order valence-electron chi connectivity index (χ0n) is 19.0. The van der Waals surface area contributed by atoms with Crippen LogP contribution < -0.4 is 0 Å². The number of aliphatic imine (C=N–C) groups is 1. The maximum absolute atomic E-state index is 13.9. The van der Waals surface area contributed by atoms with Crippen molar-refractivity contribution >= 4 is 11.7 Å². The van der Waals surface area contributed by atoms with Crippen LogP contribution in [0.25, 0.3) is 0 Å². The molecule has 1 unspecified atom stereocenters. The number of nitrogens with zero attached hydrogens (tertiary/aromatic N) is 1. The van der Waals surface area contributed by atoms with Crippen molar-refractivity contribution < 1.29 is 13.9 Å². The van der Waals surface area contributed by atoms with Crippen molar-refractivity contribution in [2.75, 3.05) is 6.61 Å². The first-order chi connectivity index (χ1) is 16.6. The van der Waals surface area contributed by atoms with E-state index in [1.54, 1.807) is 19.1 Å². The van der Waals surface area contributed by atoms with Crippen LogP contribution >= 0.6 is 0 Å². The molecule has 4 aromatic carbocycles. The minimum absolute atomic E-state index is 0.0281. The van der Waals surface area contributed by atoms with E-state index in [0.717, 1.165) is 22.4 Å². The minimum atomic E-state index is -1.12. The van der Waals surface area contributed by atoms with Crippen LogP contribution in [0.3, 0.4) is 0 Å². The van der Waals surface area contributed by atoms with Crippen molar-refractivity contribution in [3.05, 3.63) is 143 Å². The van der Waals surface area contributed by atoms with Crippen LogP contribution in [0, 0.1) is 5.82 Å². The highest BCUT2D eigenvalue weighted by molar-refractivity contribution is 6.13. The van der Waals surface area contributed by atoms with Crippen LogP contribution in [-0.4, -0.2) is 18.3 Å². The third-order valence-corrected chi connectivity index (χ3v) is 5.68. The van der Waals surface area contributed by atoms with Gasteiger partial charge in [-0.25, -0.2) is 4.39 Å². The Morgan fingerprint density at radius 1 is 0.735 bits per heavy atom. The van der Waals surface area contributed by atoms with Gasteiger partial charge in [0.1, 0.15) is 11.4 Å². The van der Waals surface area contributed by atoms with Crippen LogP contribution in [0.5, 0.6) is 0 Å². The number of hydrogen-bond donors (Lipinski definition) is 0. The Bertz CT molecular complexity index is 1200.